The Morgan fingerprint density at radius 3 is 2.71 bits per heavy atom. The van der Waals surface area contributed by atoms with Crippen LogP contribution in [0.15, 0.2) is 36.5 Å². The van der Waals surface area contributed by atoms with Crippen molar-refractivity contribution in [2.24, 2.45) is 0 Å². The molecule has 0 saturated carbocycles. The highest BCUT2D eigenvalue weighted by atomic mass is 15.4. The Morgan fingerprint density at radius 1 is 1.29 bits per heavy atom. The SMILES string of the molecule is C#Cc1cn(Cc2ccccc2)nn1. The third kappa shape index (κ3) is 1.80. The van der Waals surface area contributed by atoms with Crippen LogP contribution in [0.25, 0.3) is 0 Å². The van der Waals surface area contributed by atoms with Crippen LogP contribution < -0.4 is 0 Å². The van der Waals surface area contributed by atoms with Crippen LogP contribution in [0.4, 0.5) is 0 Å². The molecule has 0 fully saturated rings. The zero-order valence-electron chi connectivity index (χ0n) is 7.59. The molecule has 0 bridgehead atoms. The Labute approximate surface area is 82.4 Å². The number of benzene rings is 1. The number of rotatable bonds is 2. The van der Waals surface area contributed by atoms with Crippen LogP contribution in [0.3, 0.4) is 0 Å². The first-order valence-electron chi connectivity index (χ1n) is 4.29. The van der Waals surface area contributed by atoms with Gasteiger partial charge in [0, 0.05) is 0 Å². The van der Waals surface area contributed by atoms with E-state index in [0.29, 0.717) is 12.2 Å². The number of nitrogens with zero attached hydrogens (tertiary/aromatic N) is 3. The highest BCUT2D eigenvalue weighted by Crippen LogP contribution is 2.01. The highest BCUT2D eigenvalue weighted by Gasteiger charge is 1.97. The van der Waals surface area contributed by atoms with Crippen LogP contribution in [-0.2, 0) is 6.54 Å². The summed E-state index contributed by atoms with van der Waals surface area (Å²) in [4.78, 5) is 0. The Morgan fingerprint density at radius 2 is 2.07 bits per heavy atom. The Balaban J connectivity index is 2.16. The van der Waals surface area contributed by atoms with Crippen LogP contribution in [0.2, 0.25) is 0 Å². The van der Waals surface area contributed by atoms with Crippen molar-refractivity contribution in [1.29, 1.82) is 0 Å². The third-order valence-electron chi connectivity index (χ3n) is 1.87. The average molecular weight is 183 g/mol. The molecule has 68 valence electrons. The second-order valence-corrected chi connectivity index (χ2v) is 2.93. The van der Waals surface area contributed by atoms with Crippen molar-refractivity contribution in [3.05, 3.63) is 47.8 Å². The minimum Gasteiger partial charge on any atom is -0.247 e. The quantitative estimate of drug-likeness (QED) is 0.657. The lowest BCUT2D eigenvalue weighted by Crippen LogP contribution is -1.99. The smallest absolute Gasteiger partial charge is 0.155 e. The Bertz CT molecular complexity index is 451. The summed E-state index contributed by atoms with van der Waals surface area (Å²) < 4.78 is 1.73. The molecule has 1 heterocycles. The van der Waals surface area contributed by atoms with Gasteiger partial charge in [0.1, 0.15) is 0 Å². The summed E-state index contributed by atoms with van der Waals surface area (Å²) in [5.41, 5.74) is 1.75. The van der Waals surface area contributed by atoms with Gasteiger partial charge in [-0.2, -0.15) is 0 Å². The first-order chi connectivity index (χ1) is 6.88. The van der Waals surface area contributed by atoms with E-state index in [1.165, 1.54) is 5.56 Å². The van der Waals surface area contributed by atoms with E-state index >= 15 is 0 Å². The second kappa shape index (κ2) is 3.75. The van der Waals surface area contributed by atoms with Gasteiger partial charge in [0.25, 0.3) is 0 Å². The number of aromatic nitrogens is 3. The molecule has 0 saturated heterocycles. The van der Waals surface area contributed by atoms with E-state index in [0.717, 1.165) is 0 Å². The fourth-order valence-electron chi connectivity index (χ4n) is 1.21. The van der Waals surface area contributed by atoms with Gasteiger partial charge < -0.3 is 0 Å². The predicted molar refractivity (Wildman–Crippen MR) is 53.5 cm³/mol. The molecule has 0 atom stereocenters. The molecule has 14 heavy (non-hydrogen) atoms. The van der Waals surface area contributed by atoms with Crippen molar-refractivity contribution in [3.63, 3.8) is 0 Å². The summed E-state index contributed by atoms with van der Waals surface area (Å²) in [6.45, 7) is 0.704. The summed E-state index contributed by atoms with van der Waals surface area (Å²) in [5.74, 6) is 2.44. The summed E-state index contributed by atoms with van der Waals surface area (Å²) in [5, 5.41) is 7.71. The fraction of sp³-hybridized carbons (Fsp3) is 0.0909. The van der Waals surface area contributed by atoms with Gasteiger partial charge in [-0.1, -0.05) is 35.5 Å². The van der Waals surface area contributed by atoms with Crippen molar-refractivity contribution in [2.75, 3.05) is 0 Å². The molecule has 1 aromatic heterocycles. The molecule has 0 aliphatic carbocycles. The molecule has 2 rings (SSSR count). The minimum absolute atomic E-state index is 0.570. The molecular formula is C11H9N3. The lowest BCUT2D eigenvalue weighted by atomic mass is 10.2. The molecule has 0 spiro atoms. The molecule has 0 amide bonds. The van der Waals surface area contributed by atoms with Crippen LogP contribution in [0, 0.1) is 12.3 Å². The van der Waals surface area contributed by atoms with Crippen molar-refractivity contribution < 1.29 is 0 Å². The second-order valence-electron chi connectivity index (χ2n) is 2.93. The molecule has 0 aliphatic rings. The highest BCUT2D eigenvalue weighted by molar-refractivity contribution is 5.20. The van der Waals surface area contributed by atoms with E-state index in [1.54, 1.807) is 10.9 Å². The van der Waals surface area contributed by atoms with E-state index in [9.17, 15) is 0 Å². The summed E-state index contributed by atoms with van der Waals surface area (Å²) >= 11 is 0. The zero-order valence-corrected chi connectivity index (χ0v) is 7.59. The van der Waals surface area contributed by atoms with Crippen molar-refractivity contribution in [3.8, 4) is 12.3 Å². The maximum atomic E-state index is 5.19. The molecule has 0 aliphatic heterocycles. The average Bonchev–Trinajstić information content (AvgIpc) is 2.67. The molecule has 0 N–H and O–H groups in total. The molecule has 2 aromatic rings. The lowest BCUT2D eigenvalue weighted by molar-refractivity contribution is 0.649. The third-order valence-corrected chi connectivity index (χ3v) is 1.87. The number of hydrogen-bond donors (Lipinski definition) is 0. The van der Waals surface area contributed by atoms with Gasteiger partial charge in [-0.3, -0.25) is 0 Å². The summed E-state index contributed by atoms with van der Waals surface area (Å²) in [6, 6.07) is 10.1. The van der Waals surface area contributed by atoms with Crippen LogP contribution in [0.1, 0.15) is 11.3 Å². The minimum atomic E-state index is 0.570. The Hall–Kier alpha value is -2.08. The Kier molecular flexibility index (Phi) is 2.28. The summed E-state index contributed by atoms with van der Waals surface area (Å²) in [7, 11) is 0. The molecule has 3 heteroatoms. The van der Waals surface area contributed by atoms with Crippen LogP contribution in [-0.4, -0.2) is 15.0 Å². The lowest BCUT2D eigenvalue weighted by Gasteiger charge is -1.98. The molecular weight excluding hydrogens is 174 g/mol. The van der Waals surface area contributed by atoms with Gasteiger partial charge in [0.15, 0.2) is 5.69 Å². The van der Waals surface area contributed by atoms with Crippen molar-refractivity contribution in [2.45, 2.75) is 6.54 Å². The van der Waals surface area contributed by atoms with Gasteiger partial charge in [-0.15, -0.1) is 11.5 Å². The van der Waals surface area contributed by atoms with E-state index in [2.05, 4.69) is 16.2 Å². The van der Waals surface area contributed by atoms with Crippen LogP contribution in [0.5, 0.6) is 0 Å². The van der Waals surface area contributed by atoms with Crippen molar-refractivity contribution >= 4 is 0 Å². The van der Waals surface area contributed by atoms with Gasteiger partial charge in [0.05, 0.1) is 12.7 Å². The van der Waals surface area contributed by atoms with Gasteiger partial charge >= 0.3 is 0 Å². The molecule has 3 nitrogen and oxygen atoms in total. The largest absolute Gasteiger partial charge is 0.247 e. The molecule has 0 unspecified atom stereocenters. The topological polar surface area (TPSA) is 30.7 Å². The normalized spacial score (nSPS) is 9.64. The fourth-order valence-corrected chi connectivity index (χ4v) is 1.21. The van der Waals surface area contributed by atoms with Crippen molar-refractivity contribution in [1.82, 2.24) is 15.0 Å². The maximum Gasteiger partial charge on any atom is 0.155 e. The summed E-state index contributed by atoms with van der Waals surface area (Å²) in [6.07, 6.45) is 6.95. The zero-order chi connectivity index (χ0) is 9.80. The molecule has 0 radical (unpaired) electrons. The first-order valence-corrected chi connectivity index (χ1v) is 4.29. The maximum absolute atomic E-state index is 5.19. The van der Waals surface area contributed by atoms with Gasteiger partial charge in [-0.05, 0) is 11.5 Å². The monoisotopic (exact) mass is 183 g/mol. The van der Waals surface area contributed by atoms with E-state index in [4.69, 9.17) is 6.42 Å². The first kappa shape index (κ1) is 8.52. The van der Waals surface area contributed by atoms with Gasteiger partial charge in [0.2, 0.25) is 0 Å². The van der Waals surface area contributed by atoms with Crippen LogP contribution >= 0.6 is 0 Å². The van der Waals surface area contributed by atoms with E-state index in [-0.39, 0.29) is 0 Å². The predicted octanol–water partition coefficient (Wildman–Crippen LogP) is 1.31. The van der Waals surface area contributed by atoms with E-state index < -0.39 is 0 Å². The standard InChI is InChI=1S/C11H9N3/c1-2-11-9-14(13-12-11)8-10-6-4-3-5-7-10/h1,3-7,9H,8H2. The number of terminal acetylenes is 1. The van der Waals surface area contributed by atoms with E-state index in [1.807, 2.05) is 30.3 Å². The van der Waals surface area contributed by atoms with Gasteiger partial charge in [-0.25, -0.2) is 4.68 Å². The molecule has 1 aromatic carbocycles. The number of hydrogen-bond acceptors (Lipinski definition) is 2.